The zero-order chi connectivity index (χ0) is 18.7. The number of hydrogen-bond acceptors (Lipinski definition) is 4. The first-order valence-corrected chi connectivity index (χ1v) is 8.76. The number of nitrogens with zero attached hydrogens (tertiary/aromatic N) is 2. The summed E-state index contributed by atoms with van der Waals surface area (Å²) < 4.78 is 28.7. The number of carbonyl (C=O) groups is 2. The summed E-state index contributed by atoms with van der Waals surface area (Å²) in [7, 11) is 1.96. The lowest BCUT2D eigenvalue weighted by Gasteiger charge is -2.44. The Morgan fingerprint density at radius 3 is 2.46 bits per heavy atom. The van der Waals surface area contributed by atoms with Crippen molar-refractivity contribution in [1.29, 1.82) is 0 Å². The van der Waals surface area contributed by atoms with E-state index in [0.29, 0.717) is 38.0 Å². The van der Waals surface area contributed by atoms with Crippen LogP contribution in [0.2, 0.25) is 0 Å². The molecule has 0 saturated carbocycles. The Morgan fingerprint density at radius 2 is 1.85 bits per heavy atom. The molecule has 0 radical (unpaired) electrons. The highest BCUT2D eigenvalue weighted by molar-refractivity contribution is 5.95. The summed E-state index contributed by atoms with van der Waals surface area (Å²) in [6.45, 7) is -0.408. The van der Waals surface area contributed by atoms with Crippen molar-refractivity contribution in [2.75, 3.05) is 33.2 Å². The molecular weight excluding hydrogens is 344 g/mol. The lowest BCUT2D eigenvalue weighted by atomic mass is 9.85. The molecule has 0 bridgehead atoms. The maximum Gasteiger partial charge on any atom is 0.387 e. The summed E-state index contributed by atoms with van der Waals surface area (Å²) in [5.41, 5.74) is -0.136. The number of piperidine rings is 1. The Bertz CT molecular complexity index is 658. The Kier molecular flexibility index (Phi) is 5.41. The van der Waals surface area contributed by atoms with Crippen LogP contribution in [-0.4, -0.2) is 67.0 Å². The normalized spacial score (nSPS) is 20.8. The van der Waals surface area contributed by atoms with E-state index in [0.717, 1.165) is 13.0 Å². The van der Waals surface area contributed by atoms with Gasteiger partial charge in [-0.15, -0.1) is 0 Å². The van der Waals surface area contributed by atoms with Crippen molar-refractivity contribution in [3.63, 3.8) is 0 Å². The van der Waals surface area contributed by atoms with Crippen molar-refractivity contribution < 1.29 is 23.1 Å². The summed E-state index contributed by atoms with van der Waals surface area (Å²) in [6.07, 6.45) is 2.07. The number of likely N-dealkylation sites (N-methyl/N-ethyl adjacent to an activating group) is 1. The maximum atomic E-state index is 12.7. The third-order valence-electron chi connectivity index (χ3n) is 5.31. The molecule has 3 rings (SSSR count). The summed E-state index contributed by atoms with van der Waals surface area (Å²) in [5, 5.41) is 2.97. The van der Waals surface area contributed by atoms with Gasteiger partial charge in [0.25, 0.3) is 5.91 Å². The molecule has 0 aliphatic carbocycles. The molecule has 6 nitrogen and oxygen atoms in total. The Labute approximate surface area is 151 Å². The van der Waals surface area contributed by atoms with Crippen molar-refractivity contribution in [2.24, 2.45) is 0 Å². The second kappa shape index (κ2) is 7.57. The van der Waals surface area contributed by atoms with Crippen LogP contribution in [0, 0.1) is 0 Å². The Hall–Kier alpha value is -2.22. The molecule has 0 atom stereocenters. The van der Waals surface area contributed by atoms with Crippen LogP contribution in [0.3, 0.4) is 0 Å². The molecule has 1 N–H and O–H groups in total. The van der Waals surface area contributed by atoms with Gasteiger partial charge in [-0.05, 0) is 50.6 Å². The van der Waals surface area contributed by atoms with E-state index in [1.165, 1.54) is 24.3 Å². The van der Waals surface area contributed by atoms with Gasteiger partial charge in [-0.3, -0.25) is 14.5 Å². The second-order valence-electron chi connectivity index (χ2n) is 6.76. The predicted molar refractivity (Wildman–Crippen MR) is 91.2 cm³/mol. The van der Waals surface area contributed by atoms with Crippen molar-refractivity contribution in [3.05, 3.63) is 29.8 Å². The molecule has 26 heavy (non-hydrogen) atoms. The molecule has 0 aromatic heterocycles. The predicted octanol–water partition coefficient (Wildman–Crippen LogP) is 1.71. The van der Waals surface area contributed by atoms with Gasteiger partial charge in [-0.25, -0.2) is 0 Å². The molecule has 2 aliphatic heterocycles. The molecule has 2 heterocycles. The van der Waals surface area contributed by atoms with E-state index >= 15 is 0 Å². The van der Waals surface area contributed by atoms with Crippen molar-refractivity contribution >= 4 is 11.8 Å². The van der Waals surface area contributed by atoms with E-state index in [4.69, 9.17) is 0 Å². The summed E-state index contributed by atoms with van der Waals surface area (Å²) in [5.74, 6) is -0.107. The molecule has 2 saturated heterocycles. The third-order valence-corrected chi connectivity index (χ3v) is 5.31. The van der Waals surface area contributed by atoms with Gasteiger partial charge in [0.1, 0.15) is 11.3 Å². The number of halogens is 2. The minimum absolute atomic E-state index is 0.0194. The highest BCUT2D eigenvalue weighted by Gasteiger charge is 2.46. The first-order valence-electron chi connectivity index (χ1n) is 8.76. The molecule has 8 heteroatoms. The number of likely N-dealkylation sites (tertiary alicyclic amines) is 1. The summed E-state index contributed by atoms with van der Waals surface area (Å²) in [6, 6.07) is 5.68. The smallest absolute Gasteiger partial charge is 0.387 e. The summed E-state index contributed by atoms with van der Waals surface area (Å²) in [4.78, 5) is 29.0. The zero-order valence-electron chi connectivity index (χ0n) is 14.7. The standard InChI is InChI=1S/C18H23F2N3O3/c1-22-10-2-9-21-16(25)18(22)7-11-23(12-8-18)15(24)13-3-5-14(6-4-13)26-17(19)20/h3-6,17H,2,7-12H2,1H3,(H,21,25). The molecule has 142 valence electrons. The van der Waals surface area contributed by atoms with E-state index in [1.54, 1.807) is 4.90 Å². The number of ether oxygens (including phenoxy) is 1. The Morgan fingerprint density at radius 1 is 1.19 bits per heavy atom. The number of rotatable bonds is 3. The monoisotopic (exact) mass is 367 g/mol. The minimum Gasteiger partial charge on any atom is -0.435 e. The van der Waals surface area contributed by atoms with Crippen LogP contribution in [0.25, 0.3) is 0 Å². The lowest BCUT2D eigenvalue weighted by Crippen LogP contribution is -2.61. The number of hydrogen-bond donors (Lipinski definition) is 1. The average Bonchev–Trinajstić information content (AvgIpc) is 2.76. The molecule has 1 spiro atoms. The first-order chi connectivity index (χ1) is 12.4. The van der Waals surface area contributed by atoms with Gasteiger partial charge >= 0.3 is 6.61 Å². The molecule has 2 fully saturated rings. The van der Waals surface area contributed by atoms with Crippen LogP contribution in [-0.2, 0) is 4.79 Å². The fraction of sp³-hybridized carbons (Fsp3) is 0.556. The van der Waals surface area contributed by atoms with E-state index in [2.05, 4.69) is 15.0 Å². The lowest BCUT2D eigenvalue weighted by molar-refractivity contribution is -0.134. The molecule has 2 aliphatic rings. The van der Waals surface area contributed by atoms with Gasteiger partial charge in [-0.2, -0.15) is 8.78 Å². The van der Waals surface area contributed by atoms with Crippen LogP contribution in [0.1, 0.15) is 29.6 Å². The molecule has 1 aromatic rings. The largest absolute Gasteiger partial charge is 0.435 e. The van der Waals surface area contributed by atoms with Crippen LogP contribution >= 0.6 is 0 Å². The van der Waals surface area contributed by atoms with Gasteiger partial charge in [0.2, 0.25) is 5.91 Å². The van der Waals surface area contributed by atoms with Crippen LogP contribution in [0.5, 0.6) is 5.75 Å². The van der Waals surface area contributed by atoms with E-state index in [1.807, 2.05) is 7.05 Å². The van der Waals surface area contributed by atoms with Gasteiger partial charge in [0.05, 0.1) is 0 Å². The molecule has 1 aromatic carbocycles. The first kappa shape index (κ1) is 18.6. The van der Waals surface area contributed by atoms with E-state index < -0.39 is 12.2 Å². The van der Waals surface area contributed by atoms with Crippen molar-refractivity contribution in [1.82, 2.24) is 15.1 Å². The number of amides is 2. The van der Waals surface area contributed by atoms with Gasteiger partial charge < -0.3 is 15.0 Å². The van der Waals surface area contributed by atoms with Crippen LogP contribution in [0.15, 0.2) is 24.3 Å². The van der Waals surface area contributed by atoms with Gasteiger partial charge in [0.15, 0.2) is 0 Å². The third kappa shape index (κ3) is 3.65. The van der Waals surface area contributed by atoms with Gasteiger partial charge in [-0.1, -0.05) is 0 Å². The number of alkyl halides is 2. The highest BCUT2D eigenvalue weighted by Crippen LogP contribution is 2.30. The SMILES string of the molecule is CN1CCCNC(=O)C12CCN(C(=O)c1ccc(OC(F)F)cc1)CC2. The number of benzene rings is 1. The fourth-order valence-corrected chi connectivity index (χ4v) is 3.72. The molecule has 0 unspecified atom stereocenters. The average molecular weight is 367 g/mol. The van der Waals surface area contributed by atoms with Crippen molar-refractivity contribution in [2.45, 2.75) is 31.4 Å². The maximum absolute atomic E-state index is 12.7. The summed E-state index contributed by atoms with van der Waals surface area (Å²) >= 11 is 0. The Balaban J connectivity index is 1.65. The zero-order valence-corrected chi connectivity index (χ0v) is 14.7. The number of carbonyl (C=O) groups excluding carboxylic acids is 2. The fourth-order valence-electron chi connectivity index (χ4n) is 3.72. The minimum atomic E-state index is -2.89. The molecule has 2 amide bonds. The quantitative estimate of drug-likeness (QED) is 0.884. The second-order valence-corrected chi connectivity index (χ2v) is 6.76. The van der Waals surface area contributed by atoms with Gasteiger partial charge in [0, 0.05) is 31.7 Å². The highest BCUT2D eigenvalue weighted by atomic mass is 19.3. The molecular formula is C18H23F2N3O3. The topological polar surface area (TPSA) is 61.9 Å². The van der Waals surface area contributed by atoms with Crippen LogP contribution < -0.4 is 10.1 Å². The van der Waals surface area contributed by atoms with Crippen molar-refractivity contribution in [3.8, 4) is 5.75 Å². The number of nitrogens with one attached hydrogen (secondary N) is 1. The van der Waals surface area contributed by atoms with Crippen LogP contribution in [0.4, 0.5) is 8.78 Å². The van der Waals surface area contributed by atoms with E-state index in [9.17, 15) is 18.4 Å². The van der Waals surface area contributed by atoms with E-state index in [-0.39, 0.29) is 17.6 Å².